The van der Waals surface area contributed by atoms with E-state index in [-0.39, 0.29) is 0 Å². The van der Waals surface area contributed by atoms with Crippen molar-refractivity contribution in [2.24, 2.45) is 5.73 Å². The third kappa shape index (κ3) is 25.3. The Bertz CT molecular complexity index is 130. The van der Waals surface area contributed by atoms with Crippen molar-refractivity contribution in [3.63, 3.8) is 0 Å². The Hall–Kier alpha value is 0.850. The number of carboxylic acid groups (broad SMARTS) is 1. The van der Waals surface area contributed by atoms with E-state index < -0.39 is 3.98 Å². The largest absolute Gasteiger partial charge is 0.474 e. The molecule has 3 N–H and O–H groups in total. The number of nitrogens with two attached hydrogens (primary N) is 1. The second-order valence-corrected chi connectivity index (χ2v) is 4.78. The van der Waals surface area contributed by atoms with Crippen LogP contribution in [0.25, 0.3) is 0 Å². The van der Waals surface area contributed by atoms with Crippen LogP contribution in [0, 0.1) is 0 Å². The molecule has 0 atom stereocenters. The van der Waals surface area contributed by atoms with Crippen molar-refractivity contribution in [2.75, 3.05) is 31.2 Å². The van der Waals surface area contributed by atoms with Crippen LogP contribution >= 0.6 is 45.2 Å². The van der Waals surface area contributed by atoms with Crippen LogP contribution in [0.4, 0.5) is 4.79 Å². The number of halogens is 2. The van der Waals surface area contributed by atoms with Gasteiger partial charge in [0.25, 0.3) is 0 Å². The lowest BCUT2D eigenvalue weighted by Crippen LogP contribution is -2.42. The maximum atomic E-state index is 8.99. The molecule has 0 aromatic heterocycles. The molecule has 0 aliphatic carbocycles. The summed E-state index contributed by atoms with van der Waals surface area (Å²) < 4.78 is 1.07. The van der Waals surface area contributed by atoms with Gasteiger partial charge in [0.05, 0.1) is 49.3 Å². The van der Waals surface area contributed by atoms with Gasteiger partial charge in [-0.15, -0.1) is 0 Å². The molecular weight excluding hydrogens is 422 g/mol. The van der Waals surface area contributed by atoms with E-state index in [1.54, 1.807) is 0 Å². The van der Waals surface area contributed by atoms with Crippen molar-refractivity contribution in [3.05, 3.63) is 0 Å². The van der Waals surface area contributed by atoms with E-state index in [1.807, 2.05) is 0 Å². The fraction of sp³-hybridized carbons (Fsp3) is 0.889. The predicted octanol–water partition coefficient (Wildman–Crippen LogP) is 2.93. The van der Waals surface area contributed by atoms with Gasteiger partial charge >= 0.3 is 3.98 Å². The number of alkyl halides is 1. The molecule has 0 spiro atoms. The Balaban J connectivity index is -0.000000173. The lowest BCUT2D eigenvalue weighted by atomic mass is 10.4. The van der Waals surface area contributed by atoms with Gasteiger partial charge in [0, 0.05) is 4.55 Å². The predicted molar refractivity (Wildman–Crippen MR) is 82.9 cm³/mol. The van der Waals surface area contributed by atoms with Crippen molar-refractivity contribution in [3.8, 4) is 0 Å². The SMILES string of the molecule is CC[N+](C)(CC)CC.NCI.O=C(O)I. The van der Waals surface area contributed by atoms with Gasteiger partial charge in [0.15, 0.2) is 0 Å². The molecule has 0 radical (unpaired) electrons. The first-order valence-electron chi connectivity index (χ1n) is 4.81. The maximum absolute atomic E-state index is 8.99. The first kappa shape index (κ1) is 21.2. The van der Waals surface area contributed by atoms with Crippen LogP contribution in [0.2, 0.25) is 0 Å². The van der Waals surface area contributed by atoms with Crippen LogP contribution in [-0.4, -0.2) is 44.8 Å². The van der Waals surface area contributed by atoms with E-state index in [4.69, 9.17) is 15.6 Å². The van der Waals surface area contributed by atoms with E-state index >= 15 is 0 Å². The highest BCUT2D eigenvalue weighted by Gasteiger charge is 2.10. The molecule has 0 aromatic carbocycles. The molecule has 4 nitrogen and oxygen atoms in total. The van der Waals surface area contributed by atoms with Crippen molar-refractivity contribution in [1.29, 1.82) is 0 Å². The molecule has 0 unspecified atom stereocenters. The second kappa shape index (κ2) is 14.8. The van der Waals surface area contributed by atoms with Crippen LogP contribution in [0.5, 0.6) is 0 Å². The quantitative estimate of drug-likeness (QED) is 0.231. The van der Waals surface area contributed by atoms with Crippen LogP contribution in [0.1, 0.15) is 20.8 Å². The van der Waals surface area contributed by atoms with Crippen LogP contribution in [0.15, 0.2) is 0 Å². The molecule has 0 heterocycles. The van der Waals surface area contributed by atoms with Gasteiger partial charge in [-0.1, -0.05) is 22.6 Å². The van der Waals surface area contributed by atoms with E-state index in [0.717, 1.165) is 4.55 Å². The Morgan fingerprint density at radius 2 is 1.40 bits per heavy atom. The monoisotopic (exact) mass is 445 g/mol. The van der Waals surface area contributed by atoms with Crippen molar-refractivity contribution < 1.29 is 14.4 Å². The second-order valence-electron chi connectivity index (χ2n) is 2.98. The summed E-state index contributed by atoms with van der Waals surface area (Å²) in [7, 11) is 2.29. The first-order valence-corrected chi connectivity index (χ1v) is 7.41. The molecule has 6 heteroatoms. The number of rotatable bonds is 3. The molecule has 0 rings (SSSR count). The van der Waals surface area contributed by atoms with Crippen molar-refractivity contribution in [2.45, 2.75) is 20.8 Å². The number of hydrogen-bond acceptors (Lipinski definition) is 2. The summed E-state index contributed by atoms with van der Waals surface area (Å²) in [4.78, 5) is 8.99. The summed E-state index contributed by atoms with van der Waals surface area (Å²) in [6, 6.07) is 0. The normalized spacial score (nSPS) is 9.27. The molecule has 0 fully saturated rings. The van der Waals surface area contributed by atoms with Gasteiger partial charge < -0.3 is 15.3 Å². The minimum atomic E-state index is -0.863. The summed E-state index contributed by atoms with van der Waals surface area (Å²) in [5.41, 5.74) is 4.83. The fourth-order valence-electron chi connectivity index (χ4n) is 0.671. The molecule has 94 valence electrons. The first-order chi connectivity index (χ1) is 6.83. The zero-order chi connectivity index (χ0) is 12.9. The highest BCUT2D eigenvalue weighted by molar-refractivity contribution is 14.1. The zero-order valence-electron chi connectivity index (χ0n) is 9.96. The van der Waals surface area contributed by atoms with Gasteiger partial charge in [0.2, 0.25) is 0 Å². The maximum Gasteiger partial charge on any atom is 0.364 e. The lowest BCUT2D eigenvalue weighted by molar-refractivity contribution is -0.904. The van der Waals surface area contributed by atoms with Crippen LogP contribution in [0.3, 0.4) is 0 Å². The average Bonchev–Trinajstić information content (AvgIpc) is 2.17. The third-order valence-electron chi connectivity index (χ3n) is 2.29. The molecule has 0 saturated carbocycles. The number of carbonyl (C=O) groups is 1. The van der Waals surface area contributed by atoms with Gasteiger partial charge in [-0.05, 0) is 20.8 Å². The standard InChI is InChI=1S/C7H18N.CH4IN.CHIO2/c1-5-8(4,6-2)7-3;2-1-3;2-1(3)4/h5-7H2,1-4H3;1,3H2;(H,3,4)/q+1;;. The highest BCUT2D eigenvalue weighted by atomic mass is 127. The molecule has 15 heavy (non-hydrogen) atoms. The summed E-state index contributed by atoms with van der Waals surface area (Å²) in [5.74, 6) is 0. The Labute approximate surface area is 120 Å². The Morgan fingerprint density at radius 1 is 1.27 bits per heavy atom. The summed E-state index contributed by atoms with van der Waals surface area (Å²) in [6.45, 7) is 10.5. The molecule has 0 bridgehead atoms. The van der Waals surface area contributed by atoms with Gasteiger partial charge in [-0.2, -0.15) is 0 Å². The zero-order valence-corrected chi connectivity index (χ0v) is 14.3. The average molecular weight is 445 g/mol. The molecular formula is C9H23I2N2O2+. The number of hydrogen-bond donors (Lipinski definition) is 2. The minimum absolute atomic E-state index is 0.720. The van der Waals surface area contributed by atoms with Crippen LogP contribution < -0.4 is 5.73 Å². The molecule has 0 amide bonds. The molecule has 0 aromatic rings. The van der Waals surface area contributed by atoms with Gasteiger partial charge in [-0.3, -0.25) is 0 Å². The van der Waals surface area contributed by atoms with Gasteiger partial charge in [-0.25, -0.2) is 4.79 Å². The van der Waals surface area contributed by atoms with E-state index in [9.17, 15) is 0 Å². The van der Waals surface area contributed by atoms with Crippen LogP contribution in [-0.2, 0) is 0 Å². The topological polar surface area (TPSA) is 63.3 Å². The minimum Gasteiger partial charge on any atom is -0.474 e. The lowest BCUT2D eigenvalue weighted by Gasteiger charge is -2.30. The molecule has 0 saturated heterocycles. The van der Waals surface area contributed by atoms with Gasteiger partial charge in [0.1, 0.15) is 0 Å². The van der Waals surface area contributed by atoms with Crippen molar-refractivity contribution in [1.82, 2.24) is 0 Å². The van der Waals surface area contributed by atoms with E-state index in [1.165, 1.54) is 46.7 Å². The molecule has 0 aliphatic heterocycles. The highest BCUT2D eigenvalue weighted by Crippen LogP contribution is 1.97. The summed E-state index contributed by atoms with van der Waals surface area (Å²) in [6.07, 6.45) is 0. The summed E-state index contributed by atoms with van der Waals surface area (Å²) >= 11 is 3.33. The third-order valence-corrected chi connectivity index (χ3v) is 2.29. The molecule has 0 aliphatic rings. The van der Waals surface area contributed by atoms with Crippen molar-refractivity contribution >= 4 is 49.2 Å². The fourth-order valence-corrected chi connectivity index (χ4v) is 0.671. The van der Waals surface area contributed by atoms with E-state index in [0.29, 0.717) is 0 Å². The Morgan fingerprint density at radius 3 is 1.40 bits per heavy atom. The summed E-state index contributed by atoms with van der Waals surface area (Å²) in [5, 5.41) is 7.40. The van der Waals surface area contributed by atoms with E-state index in [2.05, 4.69) is 50.4 Å². The number of quaternary nitrogens is 1. The Kier molecular flexibility index (Phi) is 21.0. The smallest absolute Gasteiger partial charge is 0.364 e. The number of nitrogens with zero attached hydrogens (tertiary/aromatic N) is 1.